The lowest BCUT2D eigenvalue weighted by Crippen LogP contribution is -2.45. The van der Waals surface area contributed by atoms with Gasteiger partial charge < -0.3 is 5.32 Å². The van der Waals surface area contributed by atoms with Gasteiger partial charge in [-0.1, -0.05) is 35.3 Å². The topological polar surface area (TPSA) is 42.0 Å². The molecular weight excluding hydrogens is 319 g/mol. The second kappa shape index (κ2) is 6.27. The van der Waals surface area contributed by atoms with Crippen LogP contribution < -0.4 is 5.32 Å². The van der Waals surface area contributed by atoms with Gasteiger partial charge in [0.25, 0.3) is 5.91 Å². The standard InChI is InChI=1S/C17H16Cl2N2O/c1-10-3-2-8-20-16(10)17(22)21-15-7-6-13(15)12-5-4-11(18)9-14(12)19/h2-5,8-9,13,15H,6-7H2,1H3,(H,21,22). The number of halogens is 2. The van der Waals surface area contributed by atoms with Gasteiger partial charge in [-0.15, -0.1) is 0 Å². The average molecular weight is 335 g/mol. The molecule has 2 atom stereocenters. The molecule has 0 spiro atoms. The molecule has 3 nitrogen and oxygen atoms in total. The Morgan fingerprint density at radius 1 is 1.27 bits per heavy atom. The summed E-state index contributed by atoms with van der Waals surface area (Å²) in [4.78, 5) is 16.5. The van der Waals surface area contributed by atoms with Gasteiger partial charge in [0.05, 0.1) is 0 Å². The molecule has 114 valence electrons. The fourth-order valence-corrected chi connectivity index (χ4v) is 3.36. The number of amides is 1. The van der Waals surface area contributed by atoms with Gasteiger partial charge in [-0.05, 0) is 49.1 Å². The maximum atomic E-state index is 12.4. The molecule has 1 saturated carbocycles. The lowest BCUT2D eigenvalue weighted by atomic mass is 9.75. The minimum Gasteiger partial charge on any atom is -0.347 e. The van der Waals surface area contributed by atoms with Gasteiger partial charge in [0.1, 0.15) is 5.69 Å². The van der Waals surface area contributed by atoms with Crippen LogP contribution in [0.1, 0.15) is 40.4 Å². The van der Waals surface area contributed by atoms with E-state index in [2.05, 4.69) is 10.3 Å². The van der Waals surface area contributed by atoms with Crippen molar-refractivity contribution in [2.75, 3.05) is 0 Å². The second-order valence-electron chi connectivity index (χ2n) is 5.60. The van der Waals surface area contributed by atoms with Gasteiger partial charge in [-0.25, -0.2) is 0 Å². The Morgan fingerprint density at radius 2 is 2.09 bits per heavy atom. The summed E-state index contributed by atoms with van der Waals surface area (Å²) in [5.74, 6) is 0.107. The van der Waals surface area contributed by atoms with E-state index < -0.39 is 0 Å². The largest absolute Gasteiger partial charge is 0.347 e. The summed E-state index contributed by atoms with van der Waals surface area (Å²) in [7, 11) is 0. The number of hydrogen-bond acceptors (Lipinski definition) is 2. The molecule has 22 heavy (non-hydrogen) atoms. The van der Waals surface area contributed by atoms with Crippen molar-refractivity contribution in [3.8, 4) is 0 Å². The summed E-state index contributed by atoms with van der Waals surface area (Å²) in [5, 5.41) is 4.35. The Kier molecular flexibility index (Phi) is 4.37. The Hall–Kier alpha value is -1.58. The summed E-state index contributed by atoms with van der Waals surface area (Å²) >= 11 is 12.2. The van der Waals surface area contributed by atoms with Crippen LogP contribution in [0.15, 0.2) is 36.5 Å². The van der Waals surface area contributed by atoms with Crippen LogP contribution in [0.4, 0.5) is 0 Å². The van der Waals surface area contributed by atoms with Crippen LogP contribution in [0, 0.1) is 6.92 Å². The fraction of sp³-hybridized carbons (Fsp3) is 0.294. The molecule has 1 amide bonds. The number of aromatic nitrogens is 1. The zero-order valence-electron chi connectivity index (χ0n) is 12.1. The maximum absolute atomic E-state index is 12.4. The third-order valence-corrected chi connectivity index (χ3v) is 4.74. The summed E-state index contributed by atoms with van der Waals surface area (Å²) in [6, 6.07) is 9.33. The molecule has 1 aromatic carbocycles. The van der Waals surface area contributed by atoms with Gasteiger partial charge in [-0.2, -0.15) is 0 Å². The zero-order chi connectivity index (χ0) is 15.7. The molecule has 1 aromatic heterocycles. The van der Waals surface area contributed by atoms with Gasteiger partial charge in [0.15, 0.2) is 0 Å². The fourth-order valence-electron chi connectivity index (χ4n) is 2.81. The number of hydrogen-bond donors (Lipinski definition) is 1. The van der Waals surface area contributed by atoms with Gasteiger partial charge in [0.2, 0.25) is 0 Å². The first-order valence-corrected chi connectivity index (χ1v) is 7.99. The van der Waals surface area contributed by atoms with Gasteiger partial charge in [0, 0.05) is 28.2 Å². The number of nitrogens with zero attached hydrogens (tertiary/aromatic N) is 1. The molecule has 0 bridgehead atoms. The minimum absolute atomic E-state index is 0.0904. The Labute approximate surface area is 139 Å². The molecule has 0 radical (unpaired) electrons. The number of pyridine rings is 1. The highest BCUT2D eigenvalue weighted by Crippen LogP contribution is 2.40. The quantitative estimate of drug-likeness (QED) is 0.905. The molecule has 2 unspecified atom stereocenters. The van der Waals surface area contributed by atoms with Crippen LogP contribution in [0.2, 0.25) is 10.0 Å². The molecule has 1 N–H and O–H groups in total. The third-order valence-electron chi connectivity index (χ3n) is 4.18. The van der Waals surface area contributed by atoms with E-state index in [1.165, 1.54) is 0 Å². The number of carbonyl (C=O) groups excluding carboxylic acids is 1. The first-order valence-electron chi connectivity index (χ1n) is 7.23. The summed E-state index contributed by atoms with van der Waals surface area (Å²) in [6.45, 7) is 1.89. The van der Waals surface area contributed by atoms with Crippen molar-refractivity contribution in [1.29, 1.82) is 0 Å². The first kappa shape index (κ1) is 15.3. The molecule has 3 rings (SSSR count). The van der Waals surface area contributed by atoms with Crippen LogP contribution >= 0.6 is 23.2 Å². The average Bonchev–Trinajstić information content (AvgIpc) is 2.46. The summed E-state index contributed by atoms with van der Waals surface area (Å²) in [6.07, 6.45) is 3.59. The zero-order valence-corrected chi connectivity index (χ0v) is 13.7. The Morgan fingerprint density at radius 3 is 2.73 bits per heavy atom. The predicted molar refractivity (Wildman–Crippen MR) is 88.7 cm³/mol. The van der Waals surface area contributed by atoms with Crippen LogP contribution in [-0.4, -0.2) is 16.9 Å². The van der Waals surface area contributed by atoms with Crippen LogP contribution in [0.3, 0.4) is 0 Å². The van der Waals surface area contributed by atoms with E-state index in [9.17, 15) is 4.79 Å². The van der Waals surface area contributed by atoms with Crippen LogP contribution in [0.25, 0.3) is 0 Å². The van der Waals surface area contributed by atoms with E-state index in [0.717, 1.165) is 24.0 Å². The molecule has 1 aliphatic rings. The third kappa shape index (κ3) is 2.96. The highest BCUT2D eigenvalue weighted by Gasteiger charge is 2.35. The SMILES string of the molecule is Cc1cccnc1C(=O)NC1CCC1c1ccc(Cl)cc1Cl. The van der Waals surface area contributed by atoms with Crippen LogP contribution in [0.5, 0.6) is 0 Å². The molecule has 5 heteroatoms. The van der Waals surface area contributed by atoms with Gasteiger partial charge in [-0.3, -0.25) is 9.78 Å². The Bertz CT molecular complexity index is 718. The van der Waals surface area contributed by atoms with Crippen molar-refractivity contribution in [2.45, 2.75) is 31.7 Å². The molecule has 0 aliphatic heterocycles. The second-order valence-corrected chi connectivity index (χ2v) is 6.44. The smallest absolute Gasteiger partial charge is 0.270 e. The van der Waals surface area contributed by atoms with E-state index in [-0.39, 0.29) is 17.9 Å². The Balaban J connectivity index is 1.74. The van der Waals surface area contributed by atoms with Crippen molar-refractivity contribution in [3.05, 3.63) is 63.4 Å². The number of benzene rings is 1. The molecule has 0 saturated heterocycles. The molecular formula is C17H16Cl2N2O. The van der Waals surface area contributed by atoms with E-state index in [4.69, 9.17) is 23.2 Å². The van der Waals surface area contributed by atoms with Crippen molar-refractivity contribution in [1.82, 2.24) is 10.3 Å². The first-order chi connectivity index (χ1) is 10.6. The van der Waals surface area contributed by atoms with E-state index in [1.54, 1.807) is 12.3 Å². The van der Waals surface area contributed by atoms with Crippen LogP contribution in [-0.2, 0) is 0 Å². The number of rotatable bonds is 3. The minimum atomic E-state index is -0.127. The lowest BCUT2D eigenvalue weighted by Gasteiger charge is -2.38. The molecule has 2 aromatic rings. The molecule has 1 fully saturated rings. The predicted octanol–water partition coefficient (Wildman–Crippen LogP) is 4.37. The number of nitrogens with one attached hydrogen (secondary N) is 1. The number of aryl methyl sites for hydroxylation is 1. The molecule has 1 aliphatic carbocycles. The van der Waals surface area contributed by atoms with Crippen molar-refractivity contribution in [2.24, 2.45) is 0 Å². The van der Waals surface area contributed by atoms with E-state index >= 15 is 0 Å². The normalized spacial score (nSPS) is 20.3. The number of carbonyl (C=O) groups is 1. The molecule has 1 heterocycles. The van der Waals surface area contributed by atoms with E-state index in [0.29, 0.717) is 15.7 Å². The van der Waals surface area contributed by atoms with Crippen molar-refractivity contribution >= 4 is 29.1 Å². The summed E-state index contributed by atoms with van der Waals surface area (Å²) < 4.78 is 0. The highest BCUT2D eigenvalue weighted by atomic mass is 35.5. The monoisotopic (exact) mass is 334 g/mol. The maximum Gasteiger partial charge on any atom is 0.270 e. The highest BCUT2D eigenvalue weighted by molar-refractivity contribution is 6.35. The van der Waals surface area contributed by atoms with Crippen molar-refractivity contribution in [3.63, 3.8) is 0 Å². The summed E-state index contributed by atoms with van der Waals surface area (Å²) in [5.41, 5.74) is 2.40. The lowest BCUT2D eigenvalue weighted by molar-refractivity contribution is 0.0899. The van der Waals surface area contributed by atoms with Gasteiger partial charge >= 0.3 is 0 Å². The van der Waals surface area contributed by atoms with Crippen molar-refractivity contribution < 1.29 is 4.79 Å². The van der Waals surface area contributed by atoms with E-state index in [1.807, 2.05) is 31.2 Å².